The molecule has 0 aromatic heterocycles. The van der Waals surface area contributed by atoms with Crippen molar-refractivity contribution in [1.29, 1.82) is 0 Å². The van der Waals surface area contributed by atoms with Crippen molar-refractivity contribution in [2.45, 2.75) is 50.5 Å². The van der Waals surface area contributed by atoms with Gasteiger partial charge in [-0.2, -0.15) is 0 Å². The Balaban J connectivity index is 1.43. The van der Waals surface area contributed by atoms with Crippen molar-refractivity contribution in [2.24, 2.45) is 5.92 Å². The summed E-state index contributed by atoms with van der Waals surface area (Å²) in [5, 5.41) is 12.9. The maximum absolute atomic E-state index is 9.02. The van der Waals surface area contributed by atoms with Crippen LogP contribution < -0.4 is 5.32 Å². The summed E-state index contributed by atoms with van der Waals surface area (Å²) in [7, 11) is 0. The molecular weight excluding hydrogens is 284 g/mol. The first-order chi connectivity index (χ1) is 11.2. The van der Waals surface area contributed by atoms with Gasteiger partial charge in [0.1, 0.15) is 0 Å². The first-order valence-electron chi connectivity index (χ1n) is 9.32. The highest BCUT2D eigenvalue weighted by molar-refractivity contribution is 5.26. The average Bonchev–Trinajstić information content (AvgIpc) is 2.98. The van der Waals surface area contributed by atoms with Gasteiger partial charge >= 0.3 is 0 Å². The Hall–Kier alpha value is -0.900. The lowest BCUT2D eigenvalue weighted by Gasteiger charge is -2.32. The van der Waals surface area contributed by atoms with Gasteiger partial charge in [-0.3, -0.25) is 0 Å². The summed E-state index contributed by atoms with van der Waals surface area (Å²) in [5.74, 6) is 0.813. The Bertz CT molecular complexity index is 470. The quantitative estimate of drug-likeness (QED) is 0.847. The molecule has 1 saturated carbocycles. The number of rotatable bonds is 6. The number of benzene rings is 1. The Labute approximate surface area is 141 Å². The molecule has 0 radical (unpaired) electrons. The second-order valence-electron chi connectivity index (χ2n) is 7.78. The van der Waals surface area contributed by atoms with E-state index in [-0.39, 0.29) is 0 Å². The van der Waals surface area contributed by atoms with Crippen LogP contribution in [0.5, 0.6) is 0 Å². The molecule has 2 N–H and O–H groups in total. The van der Waals surface area contributed by atoms with E-state index in [1.807, 2.05) is 0 Å². The highest BCUT2D eigenvalue weighted by Gasteiger charge is 2.36. The van der Waals surface area contributed by atoms with E-state index in [0.717, 1.165) is 25.6 Å². The number of hydrogen-bond donors (Lipinski definition) is 2. The monoisotopic (exact) mass is 316 g/mol. The number of hydrogen-bond acceptors (Lipinski definition) is 3. The molecular formula is C20H32N2O. The van der Waals surface area contributed by atoms with E-state index in [1.165, 1.54) is 44.2 Å². The third-order valence-electron chi connectivity index (χ3n) is 6.03. The lowest BCUT2D eigenvalue weighted by molar-refractivity contribution is 0.145. The van der Waals surface area contributed by atoms with Crippen LogP contribution in [-0.2, 0) is 5.41 Å². The van der Waals surface area contributed by atoms with E-state index in [1.54, 1.807) is 0 Å². The standard InChI is InChI=1S/C20H32N2O/c1-20(18-5-3-2-4-6-18)10-7-19(15-20)21-16-17-8-11-22(12-9-17)13-14-23/h2-6,17,19,21,23H,7-16H2,1H3/t19-,20+/m0/s1. The Kier molecular flexibility index (Phi) is 5.73. The Morgan fingerprint density at radius 3 is 2.61 bits per heavy atom. The van der Waals surface area contributed by atoms with Crippen LogP contribution in [0, 0.1) is 5.92 Å². The summed E-state index contributed by atoms with van der Waals surface area (Å²) in [6.07, 6.45) is 6.41. The fourth-order valence-corrected chi connectivity index (χ4v) is 4.41. The van der Waals surface area contributed by atoms with Crippen LogP contribution in [0.4, 0.5) is 0 Å². The van der Waals surface area contributed by atoms with Gasteiger partial charge in [0.15, 0.2) is 0 Å². The molecule has 0 spiro atoms. The van der Waals surface area contributed by atoms with E-state index >= 15 is 0 Å². The second kappa shape index (κ2) is 7.78. The van der Waals surface area contributed by atoms with Crippen LogP contribution in [0.15, 0.2) is 30.3 Å². The molecule has 1 saturated heterocycles. The number of nitrogens with zero attached hydrogens (tertiary/aromatic N) is 1. The molecule has 0 unspecified atom stereocenters. The van der Waals surface area contributed by atoms with Crippen LogP contribution in [0.2, 0.25) is 0 Å². The lowest BCUT2D eigenvalue weighted by Crippen LogP contribution is -2.40. The van der Waals surface area contributed by atoms with Crippen molar-refractivity contribution >= 4 is 0 Å². The van der Waals surface area contributed by atoms with Crippen molar-refractivity contribution in [1.82, 2.24) is 10.2 Å². The molecule has 23 heavy (non-hydrogen) atoms. The molecule has 0 bridgehead atoms. The highest BCUT2D eigenvalue weighted by Crippen LogP contribution is 2.40. The zero-order valence-electron chi connectivity index (χ0n) is 14.5. The van der Waals surface area contributed by atoms with Gasteiger partial charge in [0.2, 0.25) is 0 Å². The van der Waals surface area contributed by atoms with Crippen molar-refractivity contribution < 1.29 is 5.11 Å². The number of aliphatic hydroxyl groups is 1. The van der Waals surface area contributed by atoms with E-state index in [0.29, 0.717) is 18.1 Å². The molecule has 2 atom stereocenters. The van der Waals surface area contributed by atoms with Crippen LogP contribution in [-0.4, -0.2) is 48.8 Å². The van der Waals surface area contributed by atoms with E-state index < -0.39 is 0 Å². The van der Waals surface area contributed by atoms with Gasteiger partial charge in [-0.1, -0.05) is 37.3 Å². The molecule has 1 aliphatic carbocycles. The molecule has 3 rings (SSSR count). The van der Waals surface area contributed by atoms with E-state index in [9.17, 15) is 0 Å². The number of β-amino-alcohol motifs (C(OH)–C–C–N with tert-alkyl or cyclic N) is 1. The van der Waals surface area contributed by atoms with E-state index in [4.69, 9.17) is 5.11 Å². The summed E-state index contributed by atoms with van der Waals surface area (Å²) in [6.45, 7) is 7.04. The highest BCUT2D eigenvalue weighted by atomic mass is 16.3. The minimum atomic E-state index is 0.295. The topological polar surface area (TPSA) is 35.5 Å². The van der Waals surface area contributed by atoms with Gasteiger partial charge in [0.25, 0.3) is 0 Å². The van der Waals surface area contributed by atoms with Crippen molar-refractivity contribution in [3.63, 3.8) is 0 Å². The van der Waals surface area contributed by atoms with Crippen LogP contribution in [0.3, 0.4) is 0 Å². The van der Waals surface area contributed by atoms with Crippen molar-refractivity contribution in [2.75, 3.05) is 32.8 Å². The largest absolute Gasteiger partial charge is 0.395 e. The predicted octanol–water partition coefficient (Wildman–Crippen LogP) is 2.79. The zero-order valence-corrected chi connectivity index (χ0v) is 14.5. The summed E-state index contributed by atoms with van der Waals surface area (Å²) < 4.78 is 0. The summed E-state index contributed by atoms with van der Waals surface area (Å²) in [4.78, 5) is 2.39. The van der Waals surface area contributed by atoms with E-state index in [2.05, 4.69) is 47.5 Å². The maximum atomic E-state index is 9.02. The fourth-order valence-electron chi connectivity index (χ4n) is 4.41. The number of aliphatic hydroxyl groups excluding tert-OH is 1. The molecule has 128 valence electrons. The lowest BCUT2D eigenvalue weighted by atomic mass is 9.81. The first kappa shape index (κ1) is 16.9. The molecule has 2 fully saturated rings. The molecule has 1 heterocycles. The van der Waals surface area contributed by atoms with Crippen molar-refractivity contribution in [3.8, 4) is 0 Å². The third-order valence-corrected chi connectivity index (χ3v) is 6.03. The van der Waals surface area contributed by atoms with Gasteiger partial charge in [-0.05, 0) is 68.6 Å². The fraction of sp³-hybridized carbons (Fsp3) is 0.700. The predicted molar refractivity (Wildman–Crippen MR) is 95.7 cm³/mol. The summed E-state index contributed by atoms with van der Waals surface area (Å²) >= 11 is 0. The minimum absolute atomic E-state index is 0.295. The van der Waals surface area contributed by atoms with Gasteiger partial charge in [-0.25, -0.2) is 0 Å². The van der Waals surface area contributed by atoms with Gasteiger partial charge in [0, 0.05) is 12.6 Å². The number of likely N-dealkylation sites (tertiary alicyclic amines) is 1. The van der Waals surface area contributed by atoms with Gasteiger partial charge in [-0.15, -0.1) is 0 Å². The molecule has 0 amide bonds. The third kappa shape index (κ3) is 4.34. The molecule has 3 heteroatoms. The Morgan fingerprint density at radius 2 is 1.91 bits per heavy atom. The van der Waals surface area contributed by atoms with Crippen molar-refractivity contribution in [3.05, 3.63) is 35.9 Å². The van der Waals surface area contributed by atoms with Crippen LogP contribution >= 0.6 is 0 Å². The van der Waals surface area contributed by atoms with Gasteiger partial charge < -0.3 is 15.3 Å². The summed E-state index contributed by atoms with van der Waals surface area (Å²) in [5.41, 5.74) is 1.85. The smallest absolute Gasteiger partial charge is 0.0558 e. The maximum Gasteiger partial charge on any atom is 0.0558 e. The molecule has 1 aromatic rings. The summed E-state index contributed by atoms with van der Waals surface area (Å²) in [6, 6.07) is 11.7. The number of nitrogens with one attached hydrogen (secondary N) is 1. The first-order valence-corrected chi connectivity index (χ1v) is 9.32. The van der Waals surface area contributed by atoms with Gasteiger partial charge in [0.05, 0.1) is 6.61 Å². The SMILES string of the molecule is C[C@@]1(c2ccccc2)CC[C@H](NCC2CCN(CCO)CC2)C1. The minimum Gasteiger partial charge on any atom is -0.395 e. The van der Waals surface area contributed by atoms with Crippen LogP contribution in [0.1, 0.15) is 44.6 Å². The normalized spacial score (nSPS) is 29.9. The molecule has 1 aliphatic heterocycles. The molecule has 2 aliphatic rings. The molecule has 3 nitrogen and oxygen atoms in total. The second-order valence-corrected chi connectivity index (χ2v) is 7.78. The average molecular weight is 316 g/mol. The molecule has 1 aromatic carbocycles. The Morgan fingerprint density at radius 1 is 1.17 bits per heavy atom. The number of piperidine rings is 1. The zero-order chi connectivity index (χ0) is 16.1. The van der Waals surface area contributed by atoms with Crippen LogP contribution in [0.25, 0.3) is 0 Å².